The number of pyridine rings is 1. The maximum Gasteiger partial charge on any atom is 0.256 e. The lowest BCUT2D eigenvalue weighted by molar-refractivity contribution is 0.0763. The van der Waals surface area contributed by atoms with Gasteiger partial charge in [0.1, 0.15) is 11.6 Å². The number of carbonyl (C=O) groups excluding carboxylic acids is 1. The van der Waals surface area contributed by atoms with Crippen LogP contribution in [0.1, 0.15) is 34.0 Å². The number of hydrogen-bond donors (Lipinski definition) is 0. The van der Waals surface area contributed by atoms with Crippen molar-refractivity contribution in [3.05, 3.63) is 82.8 Å². The first kappa shape index (κ1) is 13.6. The van der Waals surface area contributed by atoms with Crippen molar-refractivity contribution in [3.63, 3.8) is 0 Å². The topological polar surface area (TPSA) is 51.0 Å². The number of nitrogens with zero attached hydrogens (tertiary/aromatic N) is 4. The summed E-state index contributed by atoms with van der Waals surface area (Å²) in [5, 5.41) is 4.38. The second-order valence-electron chi connectivity index (χ2n) is 7.07. The van der Waals surface area contributed by atoms with Crippen molar-refractivity contribution in [1.82, 2.24) is 19.7 Å². The number of halogens is 2. The molecule has 0 fully saturated rings. The average Bonchev–Trinajstić information content (AvgIpc) is 3.31. The summed E-state index contributed by atoms with van der Waals surface area (Å²) < 4.78 is 71.0. The Hall–Kier alpha value is -3.61. The zero-order chi connectivity index (χ0) is 25.3. The first-order valence-corrected chi connectivity index (χ1v) is 9.15. The van der Waals surface area contributed by atoms with Gasteiger partial charge in [-0.25, -0.2) is 8.78 Å². The summed E-state index contributed by atoms with van der Waals surface area (Å²) >= 11 is 0. The van der Waals surface area contributed by atoms with Crippen molar-refractivity contribution < 1.29 is 20.4 Å². The molecule has 150 valence electrons. The average molecular weight is 409 g/mol. The summed E-state index contributed by atoms with van der Waals surface area (Å²) in [6.07, 6.45) is 2.69. The van der Waals surface area contributed by atoms with Crippen molar-refractivity contribution in [2.75, 3.05) is 0 Å². The molecule has 0 saturated carbocycles. The second-order valence-corrected chi connectivity index (χ2v) is 7.07. The third kappa shape index (κ3) is 2.77. The zero-order valence-corrected chi connectivity index (χ0v) is 15.8. The van der Waals surface area contributed by atoms with Crippen molar-refractivity contribution in [3.8, 4) is 11.1 Å². The van der Waals surface area contributed by atoms with Crippen LogP contribution in [0.25, 0.3) is 22.0 Å². The van der Waals surface area contributed by atoms with Crippen molar-refractivity contribution in [2.45, 2.75) is 20.0 Å². The standard InChI is InChI=1S/C23H18F2N4O/c1-13-5-6-15(17-10-27-28(2)22(13)17)14-8-19(24)18(20(25)9-14)11-29-12-21-16(23(29)30)4-3-7-26-21/h3-10H,11-12H2,1-2H3/i2D3,12D2. The molecule has 0 atom stereocenters. The monoisotopic (exact) mass is 409 g/mol. The Balaban J connectivity index is 1.56. The predicted octanol–water partition coefficient (Wildman–Crippen LogP) is 4.38. The minimum Gasteiger partial charge on any atom is -0.328 e. The molecule has 0 radical (unpaired) electrons. The molecule has 1 aliphatic heterocycles. The van der Waals surface area contributed by atoms with Crippen LogP contribution in [-0.4, -0.2) is 25.6 Å². The highest BCUT2D eigenvalue weighted by atomic mass is 19.1. The van der Waals surface area contributed by atoms with Gasteiger partial charge in [0.2, 0.25) is 0 Å². The number of aromatic nitrogens is 3. The fourth-order valence-electron chi connectivity index (χ4n) is 3.72. The molecule has 0 N–H and O–H groups in total. The van der Waals surface area contributed by atoms with Gasteiger partial charge in [0.15, 0.2) is 0 Å². The van der Waals surface area contributed by atoms with Crippen LogP contribution in [0, 0.1) is 18.6 Å². The lowest BCUT2D eigenvalue weighted by Gasteiger charge is -2.17. The molecule has 3 heterocycles. The Morgan fingerprint density at radius 3 is 2.73 bits per heavy atom. The van der Waals surface area contributed by atoms with Crippen LogP contribution in [-0.2, 0) is 20.0 Å². The van der Waals surface area contributed by atoms with E-state index in [1.807, 2.05) is 0 Å². The number of benzene rings is 2. The molecule has 2 aromatic heterocycles. The van der Waals surface area contributed by atoms with E-state index in [9.17, 15) is 4.79 Å². The molecule has 30 heavy (non-hydrogen) atoms. The summed E-state index contributed by atoms with van der Waals surface area (Å²) in [6.45, 7) is -3.79. The smallest absolute Gasteiger partial charge is 0.256 e. The third-order valence-corrected chi connectivity index (χ3v) is 5.23. The van der Waals surface area contributed by atoms with Crippen molar-refractivity contribution in [1.29, 1.82) is 0 Å². The molecule has 2 aromatic carbocycles. The van der Waals surface area contributed by atoms with E-state index < -0.39 is 43.1 Å². The van der Waals surface area contributed by atoms with E-state index >= 15 is 8.78 Å². The summed E-state index contributed by atoms with van der Waals surface area (Å²) in [7, 11) is 0. The van der Waals surface area contributed by atoms with Gasteiger partial charge in [-0.3, -0.25) is 14.5 Å². The second kappa shape index (κ2) is 6.73. The largest absolute Gasteiger partial charge is 0.328 e. The van der Waals surface area contributed by atoms with Crippen LogP contribution >= 0.6 is 0 Å². The summed E-state index contributed by atoms with van der Waals surface area (Å²) in [5.41, 5.74) is 0.972. The zero-order valence-electron chi connectivity index (χ0n) is 20.8. The van der Waals surface area contributed by atoms with Gasteiger partial charge in [0.25, 0.3) is 5.91 Å². The Morgan fingerprint density at radius 1 is 1.20 bits per heavy atom. The van der Waals surface area contributed by atoms with Gasteiger partial charge in [-0.15, -0.1) is 0 Å². The Kier molecular flexibility index (Phi) is 3.05. The van der Waals surface area contributed by atoms with Gasteiger partial charge in [-0.2, -0.15) is 5.10 Å². The molecule has 0 saturated heterocycles. The molecule has 5 rings (SSSR count). The summed E-state index contributed by atoms with van der Waals surface area (Å²) in [6, 6.07) is 8.34. The first-order valence-electron chi connectivity index (χ1n) is 11.6. The van der Waals surface area contributed by atoms with Crippen LogP contribution in [0.2, 0.25) is 0 Å². The van der Waals surface area contributed by atoms with E-state index in [2.05, 4.69) is 10.1 Å². The number of rotatable bonds is 3. The molecular weight excluding hydrogens is 386 g/mol. The lowest BCUT2D eigenvalue weighted by atomic mass is 9.98. The van der Waals surface area contributed by atoms with Gasteiger partial charge in [-0.05, 0) is 47.9 Å². The van der Waals surface area contributed by atoms with E-state index in [4.69, 9.17) is 6.85 Å². The van der Waals surface area contributed by atoms with Gasteiger partial charge in [0.05, 0.1) is 38.8 Å². The van der Waals surface area contributed by atoms with Crippen LogP contribution in [0.15, 0.2) is 48.8 Å². The normalized spacial score (nSPS) is 17.9. The highest BCUT2D eigenvalue weighted by Crippen LogP contribution is 2.33. The minimum absolute atomic E-state index is 0.0447. The number of hydrogen-bond acceptors (Lipinski definition) is 3. The molecule has 1 amide bonds. The van der Waals surface area contributed by atoms with Crippen LogP contribution in [0.4, 0.5) is 8.78 Å². The molecule has 0 unspecified atom stereocenters. The molecule has 5 nitrogen and oxygen atoms in total. The molecular formula is C23H18F2N4O. The molecule has 0 spiro atoms. The highest BCUT2D eigenvalue weighted by molar-refractivity contribution is 5.98. The molecule has 7 heteroatoms. The Bertz CT molecular complexity index is 1490. The Morgan fingerprint density at radius 2 is 2.00 bits per heavy atom. The Labute approximate surface area is 178 Å². The molecule has 0 bridgehead atoms. The fourth-order valence-corrected chi connectivity index (χ4v) is 3.72. The van der Waals surface area contributed by atoms with Gasteiger partial charge in [-0.1, -0.05) is 12.1 Å². The fraction of sp³-hybridized carbons (Fsp3) is 0.174. The molecule has 4 aromatic rings. The highest BCUT2D eigenvalue weighted by Gasteiger charge is 2.29. The van der Waals surface area contributed by atoms with Gasteiger partial charge >= 0.3 is 0 Å². The van der Waals surface area contributed by atoms with Gasteiger partial charge in [0, 0.05) is 28.2 Å². The maximum atomic E-state index is 15.2. The third-order valence-electron chi connectivity index (χ3n) is 5.23. The summed E-state index contributed by atoms with van der Waals surface area (Å²) in [5.74, 6) is -2.65. The number of carbonyl (C=O) groups is 1. The molecule has 0 aliphatic carbocycles. The van der Waals surface area contributed by atoms with Gasteiger partial charge < -0.3 is 4.90 Å². The minimum atomic E-state index is -2.53. The van der Waals surface area contributed by atoms with Crippen LogP contribution in [0.3, 0.4) is 0 Å². The SMILES string of the molecule is [2H]C1([2H])c2ncccc2C(=O)N1Cc1c(F)cc(-c2ccc(C)c3c2cnn3C([2H])([2H])[2H])cc1F. The van der Waals surface area contributed by atoms with Crippen molar-refractivity contribution in [2.24, 2.45) is 6.98 Å². The van der Waals surface area contributed by atoms with E-state index in [0.29, 0.717) is 22.0 Å². The predicted molar refractivity (Wildman–Crippen MR) is 109 cm³/mol. The maximum absolute atomic E-state index is 15.2. The molecule has 1 aliphatic rings. The first-order chi connectivity index (χ1) is 16.4. The summed E-state index contributed by atoms with van der Waals surface area (Å²) in [4.78, 5) is 17.4. The van der Waals surface area contributed by atoms with E-state index in [1.54, 1.807) is 19.1 Å². The van der Waals surface area contributed by atoms with Crippen LogP contribution in [0.5, 0.6) is 0 Å². The quantitative estimate of drug-likeness (QED) is 0.505. The number of aryl methyl sites for hydroxylation is 2. The van der Waals surface area contributed by atoms with Crippen molar-refractivity contribution >= 4 is 16.8 Å². The number of amides is 1. The van der Waals surface area contributed by atoms with E-state index in [1.165, 1.54) is 24.5 Å². The lowest BCUT2D eigenvalue weighted by Crippen LogP contribution is -2.24. The number of fused-ring (bicyclic) bond motifs is 2. The van der Waals surface area contributed by atoms with Crippen LogP contribution < -0.4 is 0 Å². The van der Waals surface area contributed by atoms with E-state index in [-0.39, 0.29) is 16.8 Å². The van der Waals surface area contributed by atoms with E-state index in [0.717, 1.165) is 21.7 Å².